The zero-order valence-electron chi connectivity index (χ0n) is 32.6. The first-order valence-electron chi connectivity index (χ1n) is 20.4. The van der Waals surface area contributed by atoms with Gasteiger partial charge in [-0.3, -0.25) is 0 Å². The monoisotopic (exact) mass is 796 g/mol. The quantitative estimate of drug-likeness (QED) is 0.174. The molecule has 0 aliphatic heterocycles. The summed E-state index contributed by atoms with van der Waals surface area (Å²) in [6.45, 7) is 0. The summed E-state index contributed by atoms with van der Waals surface area (Å²) in [6.07, 6.45) is 0. The molecule has 13 rings (SSSR count). The summed E-state index contributed by atoms with van der Waals surface area (Å²) in [6, 6.07) is 68.4. The van der Waals surface area contributed by atoms with Gasteiger partial charge in [-0.2, -0.15) is 0 Å². The molecule has 0 spiro atoms. The predicted octanol–water partition coefficient (Wildman–Crippen LogP) is 15.1. The smallest absolute Gasteiger partial charge is 0.164 e. The van der Waals surface area contributed by atoms with E-state index in [4.69, 9.17) is 19.4 Å². The van der Waals surface area contributed by atoms with Gasteiger partial charge in [0.25, 0.3) is 0 Å². The molecule has 0 aliphatic carbocycles. The lowest BCUT2D eigenvalue weighted by molar-refractivity contribution is 0.666. The Hall–Kier alpha value is -7.93. The molecule has 0 unspecified atom stereocenters. The van der Waals surface area contributed by atoms with Gasteiger partial charge in [0, 0.05) is 58.4 Å². The van der Waals surface area contributed by atoms with Gasteiger partial charge >= 0.3 is 0 Å². The Morgan fingerprint density at radius 1 is 0.393 bits per heavy atom. The van der Waals surface area contributed by atoms with Gasteiger partial charge in [-0.05, 0) is 64.4 Å². The van der Waals surface area contributed by atoms with Crippen LogP contribution in [0.2, 0.25) is 0 Å². The van der Waals surface area contributed by atoms with Crippen LogP contribution in [0.15, 0.2) is 199 Å². The molecular formula is C55H32N4OS. The van der Waals surface area contributed by atoms with Crippen LogP contribution in [0, 0.1) is 0 Å². The predicted molar refractivity (Wildman–Crippen MR) is 254 cm³/mol. The standard InChI is InChI=1S/C55H32N4OS/c1-2-12-33(13-3-1)34-22-24-36(25-23-34)53-56-54(37-26-28-40-39-16-8-11-21-48(39)61-49(40)32-37)58-55(57-53)43-29-31-46(52-51(43)42-18-7-10-20-47(42)60-52)59-44-19-9-6-17-41(44)50-38-15-5-4-14-35(38)27-30-45(50)59/h1-32H. The molecule has 0 N–H and O–H groups in total. The Balaban J connectivity index is 1.06. The molecule has 0 radical (unpaired) electrons. The number of thiophene rings is 1. The summed E-state index contributed by atoms with van der Waals surface area (Å²) >= 11 is 1.79. The maximum atomic E-state index is 6.93. The van der Waals surface area contributed by atoms with Crippen molar-refractivity contribution in [2.75, 3.05) is 0 Å². The van der Waals surface area contributed by atoms with Crippen molar-refractivity contribution in [2.24, 2.45) is 0 Å². The molecule has 0 aliphatic rings. The molecule has 0 fully saturated rings. The van der Waals surface area contributed by atoms with Crippen LogP contribution < -0.4 is 0 Å². The van der Waals surface area contributed by atoms with E-state index in [1.54, 1.807) is 11.3 Å². The first kappa shape index (κ1) is 34.0. The summed E-state index contributed by atoms with van der Waals surface area (Å²) in [5.41, 5.74) is 9.79. The number of hydrogen-bond acceptors (Lipinski definition) is 5. The van der Waals surface area contributed by atoms with E-state index in [1.165, 1.54) is 41.7 Å². The molecule has 6 heteroatoms. The van der Waals surface area contributed by atoms with Crippen molar-refractivity contribution in [1.82, 2.24) is 19.5 Å². The summed E-state index contributed by atoms with van der Waals surface area (Å²) in [7, 11) is 0. The van der Waals surface area contributed by atoms with Crippen LogP contribution in [0.25, 0.3) is 126 Å². The number of fused-ring (bicyclic) bond motifs is 11. The molecule has 61 heavy (non-hydrogen) atoms. The highest BCUT2D eigenvalue weighted by atomic mass is 32.1. The first-order valence-corrected chi connectivity index (χ1v) is 21.2. The number of furan rings is 1. The van der Waals surface area contributed by atoms with Crippen LogP contribution in [0.3, 0.4) is 0 Å². The van der Waals surface area contributed by atoms with Crippen LogP contribution in [-0.4, -0.2) is 19.5 Å². The fraction of sp³-hybridized carbons (Fsp3) is 0. The maximum absolute atomic E-state index is 6.93. The third-order valence-electron chi connectivity index (χ3n) is 12.1. The van der Waals surface area contributed by atoms with Gasteiger partial charge in [0.1, 0.15) is 5.58 Å². The average Bonchev–Trinajstić information content (AvgIpc) is 4.01. The highest BCUT2D eigenvalue weighted by Gasteiger charge is 2.23. The minimum absolute atomic E-state index is 0.583. The molecule has 0 saturated carbocycles. The van der Waals surface area contributed by atoms with E-state index in [2.05, 4.69) is 180 Å². The molecule has 0 bridgehead atoms. The van der Waals surface area contributed by atoms with E-state index in [0.29, 0.717) is 17.5 Å². The van der Waals surface area contributed by atoms with Crippen molar-refractivity contribution in [2.45, 2.75) is 0 Å². The third-order valence-corrected chi connectivity index (χ3v) is 13.2. The van der Waals surface area contributed by atoms with Gasteiger partial charge in [0.15, 0.2) is 23.1 Å². The molecule has 4 heterocycles. The second-order valence-corrected chi connectivity index (χ2v) is 16.6. The Kier molecular flexibility index (Phi) is 7.41. The van der Waals surface area contributed by atoms with Gasteiger partial charge in [0.2, 0.25) is 0 Å². The Labute approximate surface area is 353 Å². The molecule has 284 valence electrons. The molecule has 0 saturated heterocycles. The van der Waals surface area contributed by atoms with Crippen molar-refractivity contribution < 1.29 is 4.42 Å². The van der Waals surface area contributed by atoms with E-state index in [-0.39, 0.29) is 0 Å². The van der Waals surface area contributed by atoms with Gasteiger partial charge in [0.05, 0.1) is 16.7 Å². The van der Waals surface area contributed by atoms with Gasteiger partial charge in [-0.1, -0.05) is 152 Å². The lowest BCUT2D eigenvalue weighted by atomic mass is 10.0. The Morgan fingerprint density at radius 2 is 1.03 bits per heavy atom. The van der Waals surface area contributed by atoms with Crippen LogP contribution in [0.1, 0.15) is 0 Å². The largest absolute Gasteiger partial charge is 0.454 e. The van der Waals surface area contributed by atoms with Crippen LogP contribution >= 0.6 is 11.3 Å². The maximum Gasteiger partial charge on any atom is 0.164 e. The molecule has 13 aromatic rings. The van der Waals surface area contributed by atoms with E-state index < -0.39 is 0 Å². The highest BCUT2D eigenvalue weighted by molar-refractivity contribution is 7.25. The molecular weight excluding hydrogens is 765 g/mol. The number of hydrogen-bond donors (Lipinski definition) is 0. The lowest BCUT2D eigenvalue weighted by Gasteiger charge is -2.13. The summed E-state index contributed by atoms with van der Waals surface area (Å²) in [5, 5.41) is 9.32. The van der Waals surface area contributed by atoms with Crippen molar-refractivity contribution in [3.63, 3.8) is 0 Å². The minimum Gasteiger partial charge on any atom is -0.454 e. The van der Waals surface area contributed by atoms with E-state index in [1.807, 2.05) is 18.2 Å². The molecule has 0 amide bonds. The fourth-order valence-electron chi connectivity index (χ4n) is 9.24. The normalized spacial score (nSPS) is 11.9. The fourth-order valence-corrected chi connectivity index (χ4v) is 10.4. The van der Waals surface area contributed by atoms with Crippen molar-refractivity contribution in [3.8, 4) is 51.0 Å². The summed E-state index contributed by atoms with van der Waals surface area (Å²) in [5.74, 6) is 1.81. The van der Waals surface area contributed by atoms with Crippen molar-refractivity contribution >= 4 is 86.0 Å². The minimum atomic E-state index is 0.583. The summed E-state index contributed by atoms with van der Waals surface area (Å²) < 4.78 is 11.7. The van der Waals surface area contributed by atoms with Crippen molar-refractivity contribution in [3.05, 3.63) is 194 Å². The third kappa shape index (κ3) is 5.29. The molecule has 9 aromatic carbocycles. The number of nitrogens with zero attached hydrogens (tertiary/aromatic N) is 4. The second kappa shape index (κ2) is 13.3. The van der Waals surface area contributed by atoms with Crippen molar-refractivity contribution in [1.29, 1.82) is 0 Å². The average molecular weight is 797 g/mol. The van der Waals surface area contributed by atoms with Gasteiger partial charge < -0.3 is 8.98 Å². The molecule has 5 nitrogen and oxygen atoms in total. The second-order valence-electron chi connectivity index (χ2n) is 15.5. The lowest BCUT2D eigenvalue weighted by Crippen LogP contribution is -2.01. The first-order chi connectivity index (χ1) is 30.2. The highest BCUT2D eigenvalue weighted by Crippen LogP contribution is 2.44. The Bertz CT molecular complexity index is 3880. The number of rotatable bonds is 5. The number of para-hydroxylation sites is 2. The van der Waals surface area contributed by atoms with E-state index >= 15 is 0 Å². The zero-order valence-corrected chi connectivity index (χ0v) is 33.4. The van der Waals surface area contributed by atoms with Gasteiger partial charge in [-0.25, -0.2) is 15.0 Å². The van der Waals surface area contributed by atoms with E-state index in [0.717, 1.165) is 66.5 Å². The topological polar surface area (TPSA) is 56.7 Å². The summed E-state index contributed by atoms with van der Waals surface area (Å²) in [4.78, 5) is 15.8. The van der Waals surface area contributed by atoms with Gasteiger partial charge in [-0.15, -0.1) is 11.3 Å². The van der Waals surface area contributed by atoms with E-state index in [9.17, 15) is 0 Å². The Morgan fingerprint density at radius 3 is 1.90 bits per heavy atom. The van der Waals surface area contributed by atoms with Crippen LogP contribution in [-0.2, 0) is 0 Å². The molecule has 4 aromatic heterocycles. The number of benzene rings is 9. The SMILES string of the molecule is c1ccc(-c2ccc(-c3nc(-c4ccc5c(c4)sc4ccccc45)nc(-c4ccc(-n5c6ccccc6c6c7ccccc7ccc65)c5oc6ccccc6c45)n3)cc2)cc1. The van der Waals surface area contributed by atoms with Crippen LogP contribution in [0.4, 0.5) is 0 Å². The zero-order chi connectivity index (χ0) is 40.0. The van der Waals surface area contributed by atoms with Crippen LogP contribution in [0.5, 0.6) is 0 Å². The number of aromatic nitrogens is 4. The molecule has 0 atom stereocenters.